The molecule has 0 amide bonds. The molecular formula is C10H7NO4S. The lowest BCUT2D eigenvalue weighted by Gasteiger charge is -1.97. The van der Waals surface area contributed by atoms with Crippen LogP contribution in [0.25, 0.3) is 10.4 Å². The van der Waals surface area contributed by atoms with Gasteiger partial charge in [0.05, 0.1) is 0 Å². The van der Waals surface area contributed by atoms with Crippen LogP contribution in [0.2, 0.25) is 0 Å². The molecule has 2 aromatic rings. The van der Waals surface area contributed by atoms with E-state index in [9.17, 15) is 14.7 Å². The maximum Gasteiger partial charge on any atom is 0.336 e. The van der Waals surface area contributed by atoms with Crippen molar-refractivity contribution >= 4 is 17.8 Å². The molecule has 16 heavy (non-hydrogen) atoms. The summed E-state index contributed by atoms with van der Waals surface area (Å²) in [7, 11) is 0. The summed E-state index contributed by atoms with van der Waals surface area (Å²) in [5, 5.41) is 18.5. The molecule has 0 saturated carbocycles. The van der Waals surface area contributed by atoms with Gasteiger partial charge < -0.3 is 10.3 Å². The van der Waals surface area contributed by atoms with Crippen molar-refractivity contribution in [2.24, 2.45) is 0 Å². The van der Waals surface area contributed by atoms with Gasteiger partial charge in [-0.1, -0.05) is 28.4 Å². The number of carbonyl (C=O) groups excluding carboxylic acids is 1. The van der Waals surface area contributed by atoms with E-state index in [2.05, 4.69) is 0 Å². The smallest absolute Gasteiger partial charge is 0.336 e. The number of nitrogens with zero attached hydrogens (tertiary/aromatic N) is 1. The van der Waals surface area contributed by atoms with Gasteiger partial charge in [0.15, 0.2) is 0 Å². The van der Waals surface area contributed by atoms with Gasteiger partial charge in [-0.25, -0.2) is 0 Å². The molecule has 0 saturated heterocycles. The van der Waals surface area contributed by atoms with Crippen LogP contribution >= 0.6 is 11.5 Å². The van der Waals surface area contributed by atoms with Crippen molar-refractivity contribution in [3.8, 4) is 16.2 Å². The van der Waals surface area contributed by atoms with Crippen molar-refractivity contribution in [2.75, 3.05) is 0 Å². The number of hydrogen-bond donors (Lipinski definition) is 2. The van der Waals surface area contributed by atoms with Crippen molar-refractivity contribution in [1.82, 2.24) is 4.12 Å². The largest absolute Gasteiger partial charge is 0.502 e. The lowest BCUT2D eigenvalue weighted by atomic mass is 10.1. The molecule has 1 heterocycles. The fourth-order valence-electron chi connectivity index (χ4n) is 1.26. The average Bonchev–Trinajstić information content (AvgIpc) is 2.57. The number of hydrogen-bond acceptors (Lipinski definition) is 5. The summed E-state index contributed by atoms with van der Waals surface area (Å²) < 4.78 is 0.359. The Hall–Kier alpha value is -2.08. The highest BCUT2D eigenvalue weighted by Crippen LogP contribution is 2.30. The van der Waals surface area contributed by atoms with Crippen molar-refractivity contribution in [2.45, 2.75) is 0 Å². The van der Waals surface area contributed by atoms with Crippen molar-refractivity contribution in [3.63, 3.8) is 0 Å². The second-order valence-corrected chi connectivity index (χ2v) is 4.02. The standard InChI is InChI=1S/C10H7NO4S/c12-5-6-1-3-7(4-2-6)9-8(13)10(14)11(15)16-9/h1-5,13,15H. The molecule has 2 rings (SSSR count). The Balaban J connectivity index is 2.54. The van der Waals surface area contributed by atoms with E-state index < -0.39 is 11.3 Å². The number of aldehydes is 1. The molecule has 0 bridgehead atoms. The number of aromatic nitrogens is 1. The molecule has 0 spiro atoms. The highest BCUT2D eigenvalue weighted by atomic mass is 32.1. The minimum atomic E-state index is -0.848. The minimum Gasteiger partial charge on any atom is -0.502 e. The molecule has 1 aromatic heterocycles. The Labute approximate surface area is 93.9 Å². The second kappa shape index (κ2) is 3.82. The third-order valence-corrected chi connectivity index (χ3v) is 3.03. The Morgan fingerprint density at radius 1 is 1.25 bits per heavy atom. The summed E-state index contributed by atoms with van der Waals surface area (Å²) in [4.78, 5) is 21.8. The molecule has 0 aliphatic carbocycles. The van der Waals surface area contributed by atoms with E-state index in [1.807, 2.05) is 0 Å². The highest BCUT2D eigenvalue weighted by molar-refractivity contribution is 7.10. The summed E-state index contributed by atoms with van der Waals surface area (Å²) in [5.74, 6) is -0.494. The summed E-state index contributed by atoms with van der Waals surface area (Å²) in [5.41, 5.74) is 0.219. The SMILES string of the molecule is O=Cc1ccc(-c2sn(O)c(=O)c2O)cc1. The predicted octanol–water partition coefficient (Wildman–Crippen LogP) is 1.33. The highest BCUT2D eigenvalue weighted by Gasteiger charge is 2.14. The summed E-state index contributed by atoms with van der Waals surface area (Å²) in [6, 6.07) is 6.31. The monoisotopic (exact) mass is 237 g/mol. The first-order valence-electron chi connectivity index (χ1n) is 4.33. The van der Waals surface area contributed by atoms with Gasteiger partial charge >= 0.3 is 5.56 Å². The first-order chi connectivity index (χ1) is 7.63. The summed E-state index contributed by atoms with van der Waals surface area (Å²) >= 11 is 0.729. The lowest BCUT2D eigenvalue weighted by molar-refractivity contribution is 0.112. The van der Waals surface area contributed by atoms with Crippen LogP contribution in [0.5, 0.6) is 5.75 Å². The third-order valence-electron chi connectivity index (χ3n) is 2.08. The number of carbonyl (C=O) groups is 1. The molecular weight excluding hydrogens is 230 g/mol. The normalized spacial score (nSPS) is 10.2. The molecule has 0 fully saturated rings. The van der Waals surface area contributed by atoms with Crippen LogP contribution in [0.1, 0.15) is 10.4 Å². The summed E-state index contributed by atoms with van der Waals surface area (Å²) in [6.07, 6.45) is 0.698. The van der Waals surface area contributed by atoms with Gasteiger partial charge in [0.25, 0.3) is 0 Å². The number of aromatic hydroxyl groups is 1. The predicted molar refractivity (Wildman–Crippen MR) is 58.3 cm³/mol. The molecule has 0 atom stereocenters. The van der Waals surface area contributed by atoms with Crippen molar-refractivity contribution in [1.29, 1.82) is 0 Å². The summed E-state index contributed by atoms with van der Waals surface area (Å²) in [6.45, 7) is 0. The van der Waals surface area contributed by atoms with Crippen LogP contribution in [0.15, 0.2) is 29.1 Å². The Morgan fingerprint density at radius 3 is 2.31 bits per heavy atom. The van der Waals surface area contributed by atoms with Crippen LogP contribution in [0, 0.1) is 0 Å². The van der Waals surface area contributed by atoms with E-state index in [0.717, 1.165) is 11.5 Å². The van der Waals surface area contributed by atoms with Gasteiger partial charge in [0.2, 0.25) is 5.75 Å². The fraction of sp³-hybridized carbons (Fsp3) is 0. The molecule has 2 N–H and O–H groups in total. The molecule has 5 nitrogen and oxygen atoms in total. The Kier molecular flexibility index (Phi) is 2.49. The number of benzene rings is 1. The van der Waals surface area contributed by atoms with Gasteiger partial charge in [-0.15, -0.1) is 0 Å². The topological polar surface area (TPSA) is 79.5 Å². The zero-order valence-electron chi connectivity index (χ0n) is 7.95. The molecule has 82 valence electrons. The van der Waals surface area contributed by atoms with Crippen LogP contribution in [0.4, 0.5) is 0 Å². The lowest BCUT2D eigenvalue weighted by Crippen LogP contribution is -2.08. The molecule has 1 aromatic carbocycles. The van der Waals surface area contributed by atoms with E-state index in [1.54, 1.807) is 24.3 Å². The van der Waals surface area contributed by atoms with E-state index in [-0.39, 0.29) is 4.88 Å². The zero-order valence-corrected chi connectivity index (χ0v) is 8.77. The average molecular weight is 237 g/mol. The minimum absolute atomic E-state index is 0.268. The Morgan fingerprint density at radius 2 is 1.88 bits per heavy atom. The molecule has 0 aliphatic rings. The van der Waals surface area contributed by atoms with E-state index >= 15 is 0 Å². The van der Waals surface area contributed by atoms with Gasteiger partial charge in [-0.3, -0.25) is 9.59 Å². The van der Waals surface area contributed by atoms with Crippen LogP contribution in [-0.2, 0) is 0 Å². The van der Waals surface area contributed by atoms with Gasteiger partial charge in [0.1, 0.15) is 11.2 Å². The first-order valence-corrected chi connectivity index (χ1v) is 5.11. The van der Waals surface area contributed by atoms with E-state index in [4.69, 9.17) is 5.21 Å². The molecule has 6 heteroatoms. The van der Waals surface area contributed by atoms with E-state index in [1.165, 1.54) is 0 Å². The number of rotatable bonds is 2. The van der Waals surface area contributed by atoms with Crippen LogP contribution in [0.3, 0.4) is 0 Å². The molecule has 0 aliphatic heterocycles. The third kappa shape index (κ3) is 1.59. The zero-order chi connectivity index (χ0) is 11.7. The van der Waals surface area contributed by atoms with Crippen LogP contribution in [-0.4, -0.2) is 20.7 Å². The quantitative estimate of drug-likeness (QED) is 0.610. The molecule has 0 unspecified atom stereocenters. The van der Waals surface area contributed by atoms with Gasteiger partial charge in [0, 0.05) is 5.56 Å². The Bertz CT molecular complexity index is 582. The van der Waals surface area contributed by atoms with Gasteiger partial charge in [-0.2, -0.15) is 0 Å². The van der Waals surface area contributed by atoms with Gasteiger partial charge in [-0.05, 0) is 17.1 Å². The first kappa shape index (κ1) is 10.4. The maximum atomic E-state index is 11.1. The molecule has 0 radical (unpaired) electrons. The van der Waals surface area contributed by atoms with Crippen molar-refractivity contribution < 1.29 is 15.1 Å². The fourth-order valence-corrected chi connectivity index (χ4v) is 2.02. The van der Waals surface area contributed by atoms with Crippen molar-refractivity contribution in [3.05, 3.63) is 40.2 Å². The van der Waals surface area contributed by atoms with E-state index in [0.29, 0.717) is 21.5 Å². The van der Waals surface area contributed by atoms with Crippen LogP contribution < -0.4 is 5.56 Å². The maximum absolute atomic E-state index is 11.1. The second-order valence-electron chi connectivity index (χ2n) is 3.09.